The van der Waals surface area contributed by atoms with Crippen molar-refractivity contribution in [3.8, 4) is 28.0 Å². The summed E-state index contributed by atoms with van der Waals surface area (Å²) in [7, 11) is 0. The molecule has 0 spiro atoms. The third-order valence-electron chi connectivity index (χ3n) is 6.92. The van der Waals surface area contributed by atoms with E-state index in [0.29, 0.717) is 54.1 Å². The van der Waals surface area contributed by atoms with E-state index >= 15 is 0 Å². The molecule has 4 heterocycles. The summed E-state index contributed by atoms with van der Waals surface area (Å²) in [5.41, 5.74) is 9.86. The van der Waals surface area contributed by atoms with Gasteiger partial charge in [0, 0.05) is 54.1 Å². The minimum Gasteiger partial charge on any atom is -0.482 e. The van der Waals surface area contributed by atoms with Crippen LogP contribution in [0.5, 0.6) is 5.75 Å². The van der Waals surface area contributed by atoms with E-state index in [-0.39, 0.29) is 17.9 Å². The van der Waals surface area contributed by atoms with Crippen molar-refractivity contribution in [2.45, 2.75) is 25.0 Å². The van der Waals surface area contributed by atoms with Crippen LogP contribution in [0.25, 0.3) is 33.2 Å². The van der Waals surface area contributed by atoms with Crippen molar-refractivity contribution >= 4 is 16.6 Å². The van der Waals surface area contributed by atoms with Crippen LogP contribution in [0.1, 0.15) is 12.8 Å². The predicted octanol–water partition coefficient (Wildman–Crippen LogP) is 5.09. The number of benzene rings is 2. The molecule has 2 N–H and O–H groups in total. The predicted molar refractivity (Wildman–Crippen MR) is 135 cm³/mol. The Bertz CT molecular complexity index is 1450. The second-order valence-corrected chi connectivity index (χ2v) is 9.51. The first-order chi connectivity index (χ1) is 18.0. The van der Waals surface area contributed by atoms with E-state index in [1.54, 1.807) is 12.4 Å². The van der Waals surface area contributed by atoms with Crippen LogP contribution < -0.4 is 15.4 Å². The summed E-state index contributed by atoms with van der Waals surface area (Å²) in [6.45, 7) is 2.18. The van der Waals surface area contributed by atoms with E-state index in [4.69, 9.17) is 15.2 Å². The molecule has 0 amide bonds. The Labute approximate surface area is 211 Å². The molecule has 2 fully saturated rings. The number of aromatic nitrogens is 2. The number of anilines is 1. The first kappa shape index (κ1) is 23.7. The Morgan fingerprint density at radius 3 is 2.35 bits per heavy atom. The first-order valence-corrected chi connectivity index (χ1v) is 12.2. The van der Waals surface area contributed by atoms with Gasteiger partial charge in [-0.2, -0.15) is 0 Å². The van der Waals surface area contributed by atoms with Crippen LogP contribution in [0, 0.1) is 17.5 Å². The smallest absolute Gasteiger partial charge is 0.183 e. The third kappa shape index (κ3) is 4.60. The van der Waals surface area contributed by atoms with Gasteiger partial charge in [-0.05, 0) is 48.2 Å². The van der Waals surface area contributed by atoms with Gasteiger partial charge in [0.15, 0.2) is 11.6 Å². The highest BCUT2D eigenvalue weighted by atomic mass is 19.1. The third-order valence-corrected chi connectivity index (χ3v) is 6.92. The molecule has 0 atom stereocenters. The Morgan fingerprint density at radius 1 is 0.892 bits per heavy atom. The van der Waals surface area contributed by atoms with Crippen molar-refractivity contribution in [2.24, 2.45) is 5.73 Å². The Hall–Kier alpha value is -3.69. The first-order valence-electron chi connectivity index (χ1n) is 12.2. The molecule has 0 unspecified atom stereocenters. The average Bonchev–Trinajstić information content (AvgIpc) is 2.86. The van der Waals surface area contributed by atoms with Crippen LogP contribution in [-0.4, -0.2) is 48.4 Å². The quantitative estimate of drug-likeness (QED) is 0.407. The molecule has 6 rings (SSSR count). The van der Waals surface area contributed by atoms with Gasteiger partial charge in [-0.25, -0.2) is 13.2 Å². The van der Waals surface area contributed by atoms with Crippen LogP contribution >= 0.6 is 0 Å². The van der Waals surface area contributed by atoms with E-state index in [9.17, 15) is 13.2 Å². The fourth-order valence-electron chi connectivity index (χ4n) is 4.93. The number of hydrogen-bond acceptors (Lipinski definition) is 6. The molecule has 0 radical (unpaired) electrons. The molecular formula is C28H25F3N4O2. The summed E-state index contributed by atoms with van der Waals surface area (Å²) < 4.78 is 54.3. The molecule has 4 aromatic rings. The van der Waals surface area contributed by atoms with Crippen molar-refractivity contribution in [3.05, 3.63) is 72.4 Å². The van der Waals surface area contributed by atoms with Crippen molar-refractivity contribution in [2.75, 3.05) is 31.2 Å². The molecule has 190 valence electrons. The highest BCUT2D eigenvalue weighted by molar-refractivity contribution is 6.02. The van der Waals surface area contributed by atoms with E-state index in [1.165, 1.54) is 12.1 Å². The highest BCUT2D eigenvalue weighted by Gasteiger charge is 2.26. The summed E-state index contributed by atoms with van der Waals surface area (Å²) in [6.07, 6.45) is 5.69. The number of piperidine rings is 1. The maximum atomic E-state index is 14.8. The molecule has 2 aliphatic heterocycles. The molecule has 2 saturated heterocycles. The normalized spacial score (nSPS) is 16.7. The number of pyridine rings is 2. The van der Waals surface area contributed by atoms with Crippen LogP contribution in [0.15, 0.2) is 55.0 Å². The van der Waals surface area contributed by atoms with E-state index in [2.05, 4.69) is 14.9 Å². The van der Waals surface area contributed by atoms with Gasteiger partial charge in [0.2, 0.25) is 0 Å². The number of halogens is 3. The number of hydrogen-bond donors (Lipinski definition) is 1. The zero-order valence-corrected chi connectivity index (χ0v) is 20.0. The lowest BCUT2D eigenvalue weighted by Crippen LogP contribution is -2.40. The summed E-state index contributed by atoms with van der Waals surface area (Å²) >= 11 is 0. The fourth-order valence-corrected chi connectivity index (χ4v) is 4.93. The average molecular weight is 507 g/mol. The van der Waals surface area contributed by atoms with Gasteiger partial charge < -0.3 is 20.1 Å². The second-order valence-electron chi connectivity index (χ2n) is 9.51. The van der Waals surface area contributed by atoms with Gasteiger partial charge in [0.05, 0.1) is 30.6 Å². The molecule has 2 aromatic heterocycles. The largest absolute Gasteiger partial charge is 0.482 e. The van der Waals surface area contributed by atoms with Crippen molar-refractivity contribution < 1.29 is 22.6 Å². The van der Waals surface area contributed by atoms with Crippen molar-refractivity contribution in [1.29, 1.82) is 0 Å². The molecule has 0 aliphatic carbocycles. The van der Waals surface area contributed by atoms with Gasteiger partial charge in [-0.15, -0.1) is 0 Å². The van der Waals surface area contributed by atoms with Gasteiger partial charge in [0.1, 0.15) is 17.7 Å². The van der Waals surface area contributed by atoms with Crippen LogP contribution in [-0.2, 0) is 4.74 Å². The molecular weight excluding hydrogens is 481 g/mol. The SMILES string of the molecule is NC1CCN(c2c(-c3cc(F)cc(F)c3)cnc3ccc(-c4cncc(F)c4OC4COC4)cc23)CC1. The number of nitrogens with zero attached hydrogens (tertiary/aromatic N) is 3. The van der Waals surface area contributed by atoms with Crippen molar-refractivity contribution in [3.63, 3.8) is 0 Å². The van der Waals surface area contributed by atoms with E-state index in [0.717, 1.165) is 36.2 Å². The van der Waals surface area contributed by atoms with Gasteiger partial charge >= 0.3 is 0 Å². The lowest BCUT2D eigenvalue weighted by atomic mass is 9.96. The molecule has 0 saturated carbocycles. The minimum atomic E-state index is -0.664. The fraction of sp³-hybridized carbons (Fsp3) is 0.286. The summed E-state index contributed by atoms with van der Waals surface area (Å²) in [6, 6.07) is 9.15. The van der Waals surface area contributed by atoms with Gasteiger partial charge in [-0.1, -0.05) is 6.07 Å². The Kier molecular flexibility index (Phi) is 6.18. The maximum absolute atomic E-state index is 14.8. The highest BCUT2D eigenvalue weighted by Crippen LogP contribution is 2.41. The molecule has 0 bridgehead atoms. The van der Waals surface area contributed by atoms with E-state index < -0.39 is 17.5 Å². The number of nitrogens with two attached hydrogens (primary N) is 1. The Morgan fingerprint density at radius 2 is 1.65 bits per heavy atom. The second kappa shape index (κ2) is 9.64. The van der Waals surface area contributed by atoms with Crippen LogP contribution in [0.2, 0.25) is 0 Å². The van der Waals surface area contributed by atoms with Crippen molar-refractivity contribution in [1.82, 2.24) is 9.97 Å². The lowest BCUT2D eigenvalue weighted by molar-refractivity contribution is -0.0806. The lowest BCUT2D eigenvalue weighted by Gasteiger charge is -2.34. The zero-order chi connectivity index (χ0) is 25.5. The molecule has 2 aliphatic rings. The Balaban J connectivity index is 1.54. The molecule has 9 heteroatoms. The standard InChI is InChI=1S/C28H25F3N4O2/c29-18-7-17(8-19(30)10-18)23-12-34-26-2-1-16(9-22(26)27(23)35-5-3-20(32)4-6-35)24-11-33-13-25(31)28(24)37-21-14-36-15-21/h1-2,7-13,20-21H,3-6,14-15,32H2. The summed E-state index contributed by atoms with van der Waals surface area (Å²) in [4.78, 5) is 10.8. The van der Waals surface area contributed by atoms with E-state index in [1.807, 2.05) is 18.2 Å². The molecule has 6 nitrogen and oxygen atoms in total. The molecule has 37 heavy (non-hydrogen) atoms. The van der Waals surface area contributed by atoms with Gasteiger partial charge in [-0.3, -0.25) is 9.97 Å². The minimum absolute atomic E-state index is 0.100. The van der Waals surface area contributed by atoms with Crippen LogP contribution in [0.3, 0.4) is 0 Å². The number of rotatable bonds is 5. The topological polar surface area (TPSA) is 73.5 Å². The maximum Gasteiger partial charge on any atom is 0.183 e. The summed E-state index contributed by atoms with van der Waals surface area (Å²) in [5, 5.41) is 0.775. The monoisotopic (exact) mass is 506 g/mol. The summed E-state index contributed by atoms with van der Waals surface area (Å²) in [5.74, 6) is -1.77. The zero-order valence-electron chi connectivity index (χ0n) is 20.0. The molecule has 2 aromatic carbocycles. The van der Waals surface area contributed by atoms with Gasteiger partial charge in [0.25, 0.3) is 0 Å². The number of fused-ring (bicyclic) bond motifs is 1. The number of ether oxygens (including phenoxy) is 2. The van der Waals surface area contributed by atoms with Crippen LogP contribution in [0.4, 0.5) is 18.9 Å².